The van der Waals surface area contributed by atoms with Crippen molar-refractivity contribution in [2.24, 2.45) is 23.7 Å². The second-order valence-electron chi connectivity index (χ2n) is 9.30. The molecule has 1 aliphatic rings. The third-order valence-electron chi connectivity index (χ3n) is 5.81. The number of carboxylic acid groups (broad SMARTS) is 1. The molecule has 0 radical (unpaired) electrons. The molecule has 1 saturated carbocycles. The van der Waals surface area contributed by atoms with E-state index in [4.69, 9.17) is 9.84 Å². The molecule has 0 saturated heterocycles. The van der Waals surface area contributed by atoms with E-state index < -0.39 is 5.97 Å². The quantitative estimate of drug-likeness (QED) is 0.303. The highest BCUT2D eigenvalue weighted by Crippen LogP contribution is 2.30. The zero-order valence-corrected chi connectivity index (χ0v) is 18.0. The second kappa shape index (κ2) is 13.2. The molecule has 27 heavy (non-hydrogen) atoms. The van der Waals surface area contributed by atoms with Gasteiger partial charge in [0.1, 0.15) is 6.10 Å². The van der Waals surface area contributed by atoms with Crippen LogP contribution in [-0.2, 0) is 14.3 Å². The Morgan fingerprint density at radius 1 is 0.778 bits per heavy atom. The molecule has 1 fully saturated rings. The van der Waals surface area contributed by atoms with Crippen LogP contribution in [0, 0.1) is 23.7 Å². The first-order valence-corrected chi connectivity index (χ1v) is 11.2. The summed E-state index contributed by atoms with van der Waals surface area (Å²) < 4.78 is 5.91. The van der Waals surface area contributed by atoms with Crippen molar-refractivity contribution in [1.82, 2.24) is 0 Å². The van der Waals surface area contributed by atoms with E-state index in [9.17, 15) is 9.59 Å². The van der Waals surface area contributed by atoms with Crippen LogP contribution in [-0.4, -0.2) is 23.1 Å². The number of carbonyl (C=O) groups excluding carboxylic acids is 1. The number of esters is 1. The Labute approximate surface area is 166 Å². The van der Waals surface area contributed by atoms with E-state index in [1.807, 2.05) is 0 Å². The summed E-state index contributed by atoms with van der Waals surface area (Å²) in [6.45, 7) is 8.98. The lowest BCUT2D eigenvalue weighted by molar-refractivity contribution is -0.158. The number of unbranched alkanes of at least 4 members (excludes halogenated alkanes) is 2. The van der Waals surface area contributed by atoms with E-state index >= 15 is 0 Å². The molecule has 0 amide bonds. The molecule has 0 aromatic carbocycles. The fraction of sp³-hybridized carbons (Fsp3) is 0.913. The van der Waals surface area contributed by atoms with Crippen LogP contribution >= 0.6 is 0 Å². The van der Waals surface area contributed by atoms with Crippen LogP contribution in [0.1, 0.15) is 105 Å². The van der Waals surface area contributed by atoms with E-state index in [0.717, 1.165) is 31.6 Å². The van der Waals surface area contributed by atoms with Crippen molar-refractivity contribution in [3.05, 3.63) is 0 Å². The summed E-state index contributed by atoms with van der Waals surface area (Å²) in [6, 6.07) is 0. The van der Waals surface area contributed by atoms with Gasteiger partial charge in [0.15, 0.2) is 0 Å². The van der Waals surface area contributed by atoms with Crippen LogP contribution < -0.4 is 0 Å². The van der Waals surface area contributed by atoms with Gasteiger partial charge in [-0.1, -0.05) is 53.4 Å². The first-order chi connectivity index (χ1) is 12.8. The molecule has 0 aliphatic heterocycles. The molecular formula is C23H42O4. The van der Waals surface area contributed by atoms with Crippen LogP contribution in [0.2, 0.25) is 0 Å². The van der Waals surface area contributed by atoms with Crippen LogP contribution in [0.25, 0.3) is 0 Å². The van der Waals surface area contributed by atoms with Gasteiger partial charge in [-0.15, -0.1) is 0 Å². The van der Waals surface area contributed by atoms with Gasteiger partial charge in [-0.2, -0.15) is 0 Å². The van der Waals surface area contributed by atoms with Gasteiger partial charge in [-0.3, -0.25) is 9.59 Å². The van der Waals surface area contributed by atoms with Gasteiger partial charge in [-0.05, 0) is 63.2 Å². The molecule has 0 heterocycles. The van der Waals surface area contributed by atoms with Crippen LogP contribution in [0.4, 0.5) is 0 Å². The predicted molar refractivity (Wildman–Crippen MR) is 110 cm³/mol. The molecule has 1 atom stereocenters. The van der Waals surface area contributed by atoms with Crippen molar-refractivity contribution in [3.63, 3.8) is 0 Å². The summed E-state index contributed by atoms with van der Waals surface area (Å²) in [5, 5.41) is 9.11. The molecule has 158 valence electrons. The van der Waals surface area contributed by atoms with Crippen molar-refractivity contribution in [1.29, 1.82) is 0 Å². The van der Waals surface area contributed by atoms with Crippen LogP contribution in [0.3, 0.4) is 0 Å². The number of aliphatic carboxylic acids is 1. The minimum atomic E-state index is -0.727. The van der Waals surface area contributed by atoms with E-state index in [2.05, 4.69) is 27.7 Å². The molecule has 0 aromatic rings. The Balaban J connectivity index is 2.41. The number of hydrogen-bond acceptors (Lipinski definition) is 3. The standard InChI is InChI=1S/C23H42O4/c1-17(2)9-6-5-7-11-21(12-8-10-18(3)4)27-23(26)20-15-13-19(14-16-20)22(24)25/h17-21H,5-16H2,1-4H3,(H,24,25). The Hall–Kier alpha value is -1.06. The highest BCUT2D eigenvalue weighted by Gasteiger charge is 2.31. The zero-order chi connectivity index (χ0) is 20.2. The predicted octanol–water partition coefficient (Wildman–Crippen LogP) is 6.22. The van der Waals surface area contributed by atoms with Gasteiger partial charge in [0.2, 0.25) is 0 Å². The number of hydrogen-bond donors (Lipinski definition) is 1. The molecule has 1 rings (SSSR count). The van der Waals surface area contributed by atoms with Gasteiger partial charge in [0, 0.05) is 0 Å². The average Bonchev–Trinajstić information content (AvgIpc) is 2.60. The zero-order valence-electron chi connectivity index (χ0n) is 18.0. The first-order valence-electron chi connectivity index (χ1n) is 11.2. The highest BCUT2D eigenvalue weighted by molar-refractivity contribution is 5.74. The van der Waals surface area contributed by atoms with Crippen molar-refractivity contribution >= 4 is 11.9 Å². The molecular weight excluding hydrogens is 340 g/mol. The third-order valence-corrected chi connectivity index (χ3v) is 5.81. The van der Waals surface area contributed by atoms with Crippen LogP contribution in [0.5, 0.6) is 0 Å². The Morgan fingerprint density at radius 3 is 1.81 bits per heavy atom. The summed E-state index contributed by atoms with van der Waals surface area (Å²) in [5.74, 6) is 0.237. The summed E-state index contributed by atoms with van der Waals surface area (Å²) in [6.07, 6.45) is 11.6. The van der Waals surface area contributed by atoms with Gasteiger partial charge in [0.25, 0.3) is 0 Å². The lowest BCUT2D eigenvalue weighted by atomic mass is 9.82. The van der Waals surface area contributed by atoms with Crippen molar-refractivity contribution in [2.45, 2.75) is 111 Å². The Bertz CT molecular complexity index is 422. The van der Waals surface area contributed by atoms with E-state index in [1.165, 1.54) is 25.7 Å². The molecule has 1 N–H and O–H groups in total. The maximum Gasteiger partial charge on any atom is 0.309 e. The van der Waals surface area contributed by atoms with Crippen LogP contribution in [0.15, 0.2) is 0 Å². The van der Waals surface area contributed by atoms with E-state index in [0.29, 0.717) is 31.6 Å². The largest absolute Gasteiger partial charge is 0.481 e. The molecule has 1 aliphatic carbocycles. The van der Waals surface area contributed by atoms with Gasteiger partial charge in [-0.25, -0.2) is 0 Å². The molecule has 1 unspecified atom stereocenters. The SMILES string of the molecule is CC(C)CCCCCC(CCCC(C)C)OC(=O)C1CCC(C(=O)O)CC1. The molecule has 0 spiro atoms. The number of carboxylic acids is 1. The smallest absolute Gasteiger partial charge is 0.309 e. The summed E-state index contributed by atoms with van der Waals surface area (Å²) in [5.41, 5.74) is 0. The van der Waals surface area contributed by atoms with E-state index in [-0.39, 0.29) is 23.9 Å². The second-order valence-corrected chi connectivity index (χ2v) is 9.30. The minimum Gasteiger partial charge on any atom is -0.481 e. The normalized spacial score (nSPS) is 21.4. The monoisotopic (exact) mass is 382 g/mol. The summed E-state index contributed by atoms with van der Waals surface area (Å²) >= 11 is 0. The highest BCUT2D eigenvalue weighted by atomic mass is 16.5. The third kappa shape index (κ3) is 10.8. The summed E-state index contributed by atoms with van der Waals surface area (Å²) in [7, 11) is 0. The fourth-order valence-electron chi connectivity index (χ4n) is 3.95. The molecule has 4 heteroatoms. The lowest BCUT2D eigenvalue weighted by Gasteiger charge is -2.27. The van der Waals surface area contributed by atoms with Crippen molar-refractivity contribution in [2.75, 3.05) is 0 Å². The fourth-order valence-corrected chi connectivity index (χ4v) is 3.95. The van der Waals surface area contributed by atoms with E-state index in [1.54, 1.807) is 0 Å². The van der Waals surface area contributed by atoms with Crippen molar-refractivity contribution in [3.8, 4) is 0 Å². The molecule has 0 bridgehead atoms. The molecule has 4 nitrogen and oxygen atoms in total. The minimum absolute atomic E-state index is 0.0347. The number of carbonyl (C=O) groups is 2. The number of ether oxygens (including phenoxy) is 1. The lowest BCUT2D eigenvalue weighted by Crippen LogP contribution is -2.29. The van der Waals surface area contributed by atoms with Gasteiger partial charge < -0.3 is 9.84 Å². The van der Waals surface area contributed by atoms with Gasteiger partial charge >= 0.3 is 11.9 Å². The molecule has 0 aromatic heterocycles. The number of rotatable bonds is 13. The maximum atomic E-state index is 12.6. The average molecular weight is 383 g/mol. The maximum absolute atomic E-state index is 12.6. The summed E-state index contributed by atoms with van der Waals surface area (Å²) in [4.78, 5) is 23.7. The van der Waals surface area contributed by atoms with Crippen molar-refractivity contribution < 1.29 is 19.4 Å². The topological polar surface area (TPSA) is 63.6 Å². The Kier molecular flexibility index (Phi) is 11.7. The Morgan fingerprint density at radius 2 is 1.26 bits per heavy atom. The first kappa shape index (κ1) is 24.0. The van der Waals surface area contributed by atoms with Gasteiger partial charge in [0.05, 0.1) is 11.8 Å².